The van der Waals surface area contributed by atoms with Crippen LogP contribution in [0.1, 0.15) is 0 Å². The third kappa shape index (κ3) is 1.46. The minimum atomic E-state index is 0.883. The van der Waals surface area contributed by atoms with E-state index < -0.39 is 0 Å². The monoisotopic (exact) mass is 150 g/mol. The molecule has 1 rings (SSSR count). The van der Waals surface area contributed by atoms with Gasteiger partial charge in [0.05, 0.1) is 0 Å². The van der Waals surface area contributed by atoms with Crippen LogP contribution < -0.4 is 0 Å². The molecule has 0 saturated carbocycles. The number of allylic oxidation sites excluding steroid dienone is 6. The summed E-state index contributed by atoms with van der Waals surface area (Å²) in [5.74, 6) is 0. The molecule has 1 unspecified atom stereocenters. The molecule has 0 N–H and O–H groups in total. The molecule has 0 aromatic heterocycles. The summed E-state index contributed by atoms with van der Waals surface area (Å²) in [5, 5.41) is 1.34. The number of hydrogen-bond donors (Lipinski definition) is 0. The molecule has 0 amide bonds. The molecule has 0 aliphatic carbocycles. The van der Waals surface area contributed by atoms with Gasteiger partial charge in [-0.1, -0.05) is 46.0 Å². The Bertz CT molecular complexity index is 209. The molecule has 1 heteroatoms. The lowest BCUT2D eigenvalue weighted by Gasteiger charge is -2.08. The predicted molar refractivity (Wildman–Crippen MR) is 49.7 cm³/mol. The minimum absolute atomic E-state index is 0.883. The zero-order valence-electron chi connectivity index (χ0n) is 5.93. The van der Waals surface area contributed by atoms with E-state index in [4.69, 9.17) is 0 Å². The van der Waals surface area contributed by atoms with E-state index in [0.717, 1.165) is 8.58 Å². The normalized spacial score (nSPS) is 19.6. The Kier molecular flexibility index (Phi) is 2.65. The maximum atomic E-state index is 3.75. The van der Waals surface area contributed by atoms with Crippen LogP contribution >= 0.6 is 8.58 Å². The molecule has 1 heterocycles. The van der Waals surface area contributed by atoms with E-state index in [1.165, 1.54) is 17.0 Å². The summed E-state index contributed by atoms with van der Waals surface area (Å²) >= 11 is 0. The molecule has 1 aliphatic heterocycles. The van der Waals surface area contributed by atoms with Crippen molar-refractivity contribution in [1.29, 1.82) is 0 Å². The Morgan fingerprint density at radius 1 is 1.40 bits per heavy atom. The van der Waals surface area contributed by atoms with Gasteiger partial charge in [-0.25, -0.2) is 0 Å². The molecular formula is C9H11P. The summed E-state index contributed by atoms with van der Waals surface area (Å²) in [7, 11) is 0.883. The Balaban J connectivity index is 2.94. The molecule has 0 saturated heterocycles. The van der Waals surface area contributed by atoms with Crippen molar-refractivity contribution in [3.63, 3.8) is 0 Å². The highest BCUT2D eigenvalue weighted by molar-refractivity contribution is 7.43. The zero-order chi connectivity index (χ0) is 7.40. The lowest BCUT2D eigenvalue weighted by Crippen LogP contribution is -1.84. The van der Waals surface area contributed by atoms with Crippen molar-refractivity contribution in [3.8, 4) is 0 Å². The fourth-order valence-corrected chi connectivity index (χ4v) is 1.90. The minimum Gasteiger partial charge on any atom is -0.0984 e. The van der Waals surface area contributed by atoms with Gasteiger partial charge in [-0.15, -0.1) is 0 Å². The van der Waals surface area contributed by atoms with Crippen LogP contribution in [0.15, 0.2) is 48.3 Å². The smallest absolute Gasteiger partial charge is 0.0128 e. The van der Waals surface area contributed by atoms with Crippen LogP contribution in [0.2, 0.25) is 0 Å². The fourth-order valence-electron chi connectivity index (χ4n) is 0.915. The van der Waals surface area contributed by atoms with Gasteiger partial charge in [-0.2, -0.15) is 0 Å². The average molecular weight is 150 g/mol. The van der Waals surface area contributed by atoms with E-state index >= 15 is 0 Å². The predicted octanol–water partition coefficient (Wildman–Crippen LogP) is 2.86. The van der Waals surface area contributed by atoms with Gasteiger partial charge in [0.15, 0.2) is 0 Å². The first kappa shape index (κ1) is 7.50. The van der Waals surface area contributed by atoms with Crippen LogP contribution in [0, 0.1) is 0 Å². The quantitative estimate of drug-likeness (QED) is 0.531. The number of rotatable bonds is 2. The third-order valence-corrected chi connectivity index (χ3v) is 2.76. The molecule has 0 spiro atoms. The van der Waals surface area contributed by atoms with Crippen molar-refractivity contribution in [2.24, 2.45) is 0 Å². The summed E-state index contributed by atoms with van der Waals surface area (Å²) in [5.41, 5.74) is 1.24. The Labute approximate surface area is 63.8 Å². The Morgan fingerprint density at radius 2 is 2.20 bits per heavy atom. The van der Waals surface area contributed by atoms with Gasteiger partial charge < -0.3 is 0 Å². The molecule has 1 aliphatic rings. The molecule has 0 bridgehead atoms. The molecule has 0 fully saturated rings. The van der Waals surface area contributed by atoms with Crippen LogP contribution in [-0.2, 0) is 0 Å². The van der Waals surface area contributed by atoms with Gasteiger partial charge in [0.2, 0.25) is 0 Å². The van der Waals surface area contributed by atoms with Crippen molar-refractivity contribution in [3.05, 3.63) is 48.3 Å². The van der Waals surface area contributed by atoms with Crippen LogP contribution in [0.4, 0.5) is 0 Å². The van der Waals surface area contributed by atoms with Crippen molar-refractivity contribution >= 4 is 8.58 Å². The highest BCUT2D eigenvalue weighted by Crippen LogP contribution is 2.32. The van der Waals surface area contributed by atoms with Crippen molar-refractivity contribution in [2.45, 2.75) is 0 Å². The van der Waals surface area contributed by atoms with Crippen molar-refractivity contribution in [2.75, 3.05) is 6.16 Å². The highest BCUT2D eigenvalue weighted by Gasteiger charge is 2.00. The topological polar surface area (TPSA) is 0 Å². The summed E-state index contributed by atoms with van der Waals surface area (Å²) in [6.07, 6.45) is 9.28. The van der Waals surface area contributed by atoms with Gasteiger partial charge in [0.1, 0.15) is 0 Å². The standard InChI is InChI=1S/C9H11P/c1-3-8-6-5-7-10-9(8)4-2/h3-6,10H,1-2,7H2. The average Bonchev–Trinajstić information content (AvgIpc) is 2.04. The molecular weight excluding hydrogens is 139 g/mol. The summed E-state index contributed by atoms with van der Waals surface area (Å²) in [4.78, 5) is 0. The molecule has 0 nitrogen and oxygen atoms in total. The number of hydrogen-bond acceptors (Lipinski definition) is 0. The van der Waals surface area contributed by atoms with E-state index in [-0.39, 0.29) is 0 Å². The van der Waals surface area contributed by atoms with Gasteiger partial charge in [0.25, 0.3) is 0 Å². The lowest BCUT2D eigenvalue weighted by atomic mass is 10.2. The van der Waals surface area contributed by atoms with E-state index in [1.54, 1.807) is 0 Å². The third-order valence-electron chi connectivity index (χ3n) is 1.44. The largest absolute Gasteiger partial charge is 0.0984 e. The Morgan fingerprint density at radius 3 is 2.70 bits per heavy atom. The second kappa shape index (κ2) is 3.53. The van der Waals surface area contributed by atoms with E-state index in [0.29, 0.717) is 0 Å². The summed E-state index contributed by atoms with van der Waals surface area (Å²) in [6.45, 7) is 7.48. The molecule has 0 radical (unpaired) electrons. The van der Waals surface area contributed by atoms with E-state index in [2.05, 4.69) is 25.3 Å². The van der Waals surface area contributed by atoms with Crippen molar-refractivity contribution < 1.29 is 0 Å². The van der Waals surface area contributed by atoms with Crippen LogP contribution in [0.25, 0.3) is 0 Å². The second-order valence-electron chi connectivity index (χ2n) is 2.06. The first-order valence-electron chi connectivity index (χ1n) is 3.28. The van der Waals surface area contributed by atoms with Crippen LogP contribution in [0.5, 0.6) is 0 Å². The molecule has 0 aromatic carbocycles. The Hall–Kier alpha value is -0.610. The fraction of sp³-hybridized carbons (Fsp3) is 0.111. The first-order chi connectivity index (χ1) is 4.88. The van der Waals surface area contributed by atoms with Gasteiger partial charge in [-0.3, -0.25) is 0 Å². The maximum absolute atomic E-state index is 3.75. The molecule has 52 valence electrons. The molecule has 10 heavy (non-hydrogen) atoms. The van der Waals surface area contributed by atoms with Gasteiger partial charge in [0, 0.05) is 0 Å². The van der Waals surface area contributed by atoms with E-state index in [1.807, 2.05) is 12.2 Å². The lowest BCUT2D eigenvalue weighted by molar-refractivity contribution is 1.58. The zero-order valence-corrected chi connectivity index (χ0v) is 6.93. The van der Waals surface area contributed by atoms with Gasteiger partial charge >= 0.3 is 0 Å². The molecule has 0 aromatic rings. The highest BCUT2D eigenvalue weighted by atomic mass is 31.1. The maximum Gasteiger partial charge on any atom is -0.0128 e. The second-order valence-corrected chi connectivity index (χ2v) is 3.36. The summed E-state index contributed by atoms with van der Waals surface area (Å²) in [6, 6.07) is 0. The van der Waals surface area contributed by atoms with E-state index in [9.17, 15) is 0 Å². The summed E-state index contributed by atoms with van der Waals surface area (Å²) < 4.78 is 0. The van der Waals surface area contributed by atoms with Crippen LogP contribution in [-0.4, -0.2) is 6.16 Å². The SMILES string of the molecule is C=CC1=C(C=C)PCC=C1. The van der Waals surface area contributed by atoms with Crippen molar-refractivity contribution in [1.82, 2.24) is 0 Å². The van der Waals surface area contributed by atoms with Crippen LogP contribution in [0.3, 0.4) is 0 Å². The van der Waals surface area contributed by atoms with Gasteiger partial charge in [-0.05, 0) is 17.0 Å². The molecule has 1 atom stereocenters. The first-order valence-corrected chi connectivity index (χ1v) is 4.48.